The number of carboxylic acid groups (broad SMARTS) is 1. The van der Waals surface area contributed by atoms with E-state index in [1.165, 1.54) is 30.3 Å². The third-order valence-electron chi connectivity index (χ3n) is 2.23. The molecule has 0 heterocycles. The van der Waals surface area contributed by atoms with Crippen molar-refractivity contribution in [2.75, 3.05) is 0 Å². The van der Waals surface area contributed by atoms with Crippen molar-refractivity contribution in [1.82, 2.24) is 0 Å². The zero-order valence-corrected chi connectivity index (χ0v) is 9.06. The van der Waals surface area contributed by atoms with Gasteiger partial charge in [-0.1, -0.05) is 0 Å². The molecule has 0 unspecified atom stereocenters. The lowest BCUT2D eigenvalue weighted by atomic mass is 10.2. The van der Waals surface area contributed by atoms with E-state index >= 15 is 0 Å². The SMILES string of the molecule is O=C(O)c1ccc(Oc2ccc(F)c(F)c2)cc1. The Morgan fingerprint density at radius 1 is 0.944 bits per heavy atom. The third-order valence-corrected chi connectivity index (χ3v) is 2.23. The molecule has 0 radical (unpaired) electrons. The van der Waals surface area contributed by atoms with Gasteiger partial charge in [-0.2, -0.15) is 0 Å². The zero-order chi connectivity index (χ0) is 13.1. The lowest BCUT2D eigenvalue weighted by Gasteiger charge is -2.06. The van der Waals surface area contributed by atoms with Crippen molar-refractivity contribution in [3.63, 3.8) is 0 Å². The highest BCUT2D eigenvalue weighted by molar-refractivity contribution is 5.87. The Bertz CT molecular complexity index is 579. The van der Waals surface area contributed by atoms with Crippen molar-refractivity contribution in [3.05, 3.63) is 59.7 Å². The molecule has 0 saturated carbocycles. The molecule has 0 bridgehead atoms. The minimum Gasteiger partial charge on any atom is -0.478 e. The van der Waals surface area contributed by atoms with Crippen LogP contribution in [0.5, 0.6) is 11.5 Å². The minimum absolute atomic E-state index is 0.118. The number of carbonyl (C=O) groups is 1. The predicted octanol–water partition coefficient (Wildman–Crippen LogP) is 3.46. The van der Waals surface area contributed by atoms with Crippen LogP contribution in [0.2, 0.25) is 0 Å². The first kappa shape index (κ1) is 12.0. The van der Waals surface area contributed by atoms with Gasteiger partial charge >= 0.3 is 5.97 Å². The number of carboxylic acids is 1. The second-order valence-corrected chi connectivity index (χ2v) is 3.51. The van der Waals surface area contributed by atoms with Gasteiger partial charge in [0.2, 0.25) is 0 Å². The Labute approximate surface area is 101 Å². The molecule has 0 atom stereocenters. The maximum Gasteiger partial charge on any atom is 0.335 e. The number of benzene rings is 2. The Kier molecular flexibility index (Phi) is 3.23. The Morgan fingerprint density at radius 3 is 2.11 bits per heavy atom. The summed E-state index contributed by atoms with van der Waals surface area (Å²) < 4.78 is 30.9. The first-order valence-electron chi connectivity index (χ1n) is 5.02. The molecule has 2 aromatic carbocycles. The maximum absolute atomic E-state index is 12.9. The van der Waals surface area contributed by atoms with Gasteiger partial charge in [0, 0.05) is 6.07 Å². The largest absolute Gasteiger partial charge is 0.478 e. The summed E-state index contributed by atoms with van der Waals surface area (Å²) in [5, 5.41) is 8.70. The summed E-state index contributed by atoms with van der Waals surface area (Å²) in [7, 11) is 0. The number of hydrogen-bond donors (Lipinski definition) is 1. The predicted molar refractivity (Wildman–Crippen MR) is 59.8 cm³/mol. The van der Waals surface area contributed by atoms with Gasteiger partial charge in [-0.15, -0.1) is 0 Å². The van der Waals surface area contributed by atoms with E-state index in [9.17, 15) is 13.6 Å². The van der Waals surface area contributed by atoms with Crippen LogP contribution in [0.15, 0.2) is 42.5 Å². The highest BCUT2D eigenvalue weighted by atomic mass is 19.2. The van der Waals surface area contributed by atoms with E-state index in [2.05, 4.69) is 0 Å². The van der Waals surface area contributed by atoms with Crippen LogP contribution < -0.4 is 4.74 Å². The topological polar surface area (TPSA) is 46.5 Å². The number of rotatable bonds is 3. The van der Waals surface area contributed by atoms with Gasteiger partial charge in [0.25, 0.3) is 0 Å². The summed E-state index contributed by atoms with van der Waals surface area (Å²) in [6.07, 6.45) is 0. The highest BCUT2D eigenvalue weighted by Crippen LogP contribution is 2.23. The smallest absolute Gasteiger partial charge is 0.335 e. The van der Waals surface area contributed by atoms with Gasteiger partial charge in [-0.3, -0.25) is 0 Å². The van der Waals surface area contributed by atoms with Gasteiger partial charge in [-0.25, -0.2) is 13.6 Å². The summed E-state index contributed by atoms with van der Waals surface area (Å²) in [5.74, 6) is -2.53. The minimum atomic E-state index is -1.05. The Balaban J connectivity index is 2.18. The number of hydrogen-bond acceptors (Lipinski definition) is 2. The lowest BCUT2D eigenvalue weighted by molar-refractivity contribution is 0.0697. The highest BCUT2D eigenvalue weighted by Gasteiger charge is 2.05. The second kappa shape index (κ2) is 4.83. The van der Waals surface area contributed by atoms with E-state index in [1.807, 2.05) is 0 Å². The molecular formula is C13H8F2O3. The monoisotopic (exact) mass is 250 g/mol. The van der Waals surface area contributed by atoms with Crippen molar-refractivity contribution in [3.8, 4) is 11.5 Å². The van der Waals surface area contributed by atoms with Crippen molar-refractivity contribution in [2.24, 2.45) is 0 Å². The Morgan fingerprint density at radius 2 is 1.56 bits per heavy atom. The molecule has 2 rings (SSSR count). The molecule has 0 saturated heterocycles. The molecule has 0 fully saturated rings. The summed E-state index contributed by atoms with van der Waals surface area (Å²) in [6, 6.07) is 8.74. The maximum atomic E-state index is 12.9. The summed E-state index contributed by atoms with van der Waals surface area (Å²) in [5.41, 5.74) is 0.118. The van der Waals surface area contributed by atoms with Crippen molar-refractivity contribution < 1.29 is 23.4 Å². The molecule has 2 aromatic rings. The normalized spacial score (nSPS) is 10.1. The van der Waals surface area contributed by atoms with E-state index in [-0.39, 0.29) is 11.3 Å². The van der Waals surface area contributed by atoms with Gasteiger partial charge in [0.15, 0.2) is 11.6 Å². The van der Waals surface area contributed by atoms with Crippen LogP contribution in [0, 0.1) is 11.6 Å². The van der Waals surface area contributed by atoms with E-state index in [0.717, 1.165) is 12.1 Å². The first-order valence-corrected chi connectivity index (χ1v) is 5.02. The summed E-state index contributed by atoms with van der Waals surface area (Å²) >= 11 is 0. The summed E-state index contributed by atoms with van der Waals surface area (Å²) in [6.45, 7) is 0. The van der Waals surface area contributed by atoms with Crippen LogP contribution in [0.3, 0.4) is 0 Å². The van der Waals surface area contributed by atoms with Crippen molar-refractivity contribution >= 4 is 5.97 Å². The first-order chi connectivity index (χ1) is 8.56. The molecule has 3 nitrogen and oxygen atoms in total. The molecule has 92 valence electrons. The van der Waals surface area contributed by atoms with E-state index in [0.29, 0.717) is 5.75 Å². The fourth-order valence-electron chi connectivity index (χ4n) is 1.34. The standard InChI is InChI=1S/C13H8F2O3/c14-11-6-5-10(7-12(11)15)18-9-3-1-8(2-4-9)13(16)17/h1-7H,(H,16,17). The quantitative estimate of drug-likeness (QED) is 0.907. The van der Waals surface area contributed by atoms with Gasteiger partial charge in [-0.05, 0) is 36.4 Å². The van der Waals surface area contributed by atoms with Gasteiger partial charge in [0.1, 0.15) is 11.5 Å². The molecule has 0 amide bonds. The molecule has 5 heteroatoms. The van der Waals surface area contributed by atoms with Crippen LogP contribution in [0.1, 0.15) is 10.4 Å². The van der Waals surface area contributed by atoms with E-state index < -0.39 is 17.6 Å². The molecule has 0 aliphatic heterocycles. The molecule has 18 heavy (non-hydrogen) atoms. The van der Waals surface area contributed by atoms with Crippen molar-refractivity contribution in [1.29, 1.82) is 0 Å². The molecule has 0 aromatic heterocycles. The second-order valence-electron chi connectivity index (χ2n) is 3.51. The Hall–Kier alpha value is -2.43. The van der Waals surface area contributed by atoms with Gasteiger partial charge < -0.3 is 9.84 Å². The van der Waals surface area contributed by atoms with Crippen LogP contribution in [-0.2, 0) is 0 Å². The third kappa shape index (κ3) is 2.63. The molecule has 1 N–H and O–H groups in total. The van der Waals surface area contributed by atoms with E-state index in [1.54, 1.807) is 0 Å². The van der Waals surface area contributed by atoms with Crippen LogP contribution in [-0.4, -0.2) is 11.1 Å². The number of ether oxygens (including phenoxy) is 1. The average Bonchev–Trinajstić information content (AvgIpc) is 2.34. The number of aromatic carboxylic acids is 1. The fraction of sp³-hybridized carbons (Fsp3) is 0. The van der Waals surface area contributed by atoms with E-state index in [4.69, 9.17) is 9.84 Å². The molecule has 0 aliphatic carbocycles. The van der Waals surface area contributed by atoms with Crippen LogP contribution in [0.4, 0.5) is 8.78 Å². The molecule has 0 spiro atoms. The number of halogens is 2. The molecule has 0 aliphatic rings. The van der Waals surface area contributed by atoms with Crippen LogP contribution in [0.25, 0.3) is 0 Å². The zero-order valence-electron chi connectivity index (χ0n) is 9.06. The molecular weight excluding hydrogens is 242 g/mol. The van der Waals surface area contributed by atoms with Gasteiger partial charge in [0.05, 0.1) is 5.56 Å². The average molecular weight is 250 g/mol. The lowest BCUT2D eigenvalue weighted by Crippen LogP contribution is -1.95. The fourth-order valence-corrected chi connectivity index (χ4v) is 1.34. The van der Waals surface area contributed by atoms with Crippen LogP contribution >= 0.6 is 0 Å². The van der Waals surface area contributed by atoms with Crippen molar-refractivity contribution in [2.45, 2.75) is 0 Å². The summed E-state index contributed by atoms with van der Waals surface area (Å²) in [4.78, 5) is 10.6.